The van der Waals surface area contributed by atoms with Crippen molar-refractivity contribution in [2.75, 3.05) is 11.2 Å². The van der Waals surface area contributed by atoms with Gasteiger partial charge in [-0.2, -0.15) is 0 Å². The van der Waals surface area contributed by atoms with E-state index >= 15 is 0 Å². The molecule has 1 aromatic carbocycles. The molecule has 0 aliphatic carbocycles. The third-order valence-corrected chi connectivity index (χ3v) is 3.18. The molecule has 0 aliphatic rings. The average Bonchev–Trinajstić information content (AvgIpc) is 2.36. The van der Waals surface area contributed by atoms with Gasteiger partial charge in [0.2, 0.25) is 5.91 Å². The van der Waals surface area contributed by atoms with Gasteiger partial charge in [-0.1, -0.05) is 26.0 Å². The van der Waals surface area contributed by atoms with Gasteiger partial charge in [-0.05, 0) is 36.5 Å². The maximum atomic E-state index is 11.5. The van der Waals surface area contributed by atoms with E-state index < -0.39 is 0 Å². The molecule has 0 fully saturated rings. The van der Waals surface area contributed by atoms with Crippen molar-refractivity contribution in [3.05, 3.63) is 29.8 Å². The molecule has 0 aliphatic heterocycles. The number of anilines is 1. The normalized spacial score (nSPS) is 12.2. The summed E-state index contributed by atoms with van der Waals surface area (Å²) in [5, 5.41) is 2.86. The zero-order valence-electron chi connectivity index (χ0n) is 10.5. The minimum Gasteiger partial charge on any atom is -0.326 e. The van der Waals surface area contributed by atoms with Gasteiger partial charge in [0.15, 0.2) is 0 Å². The number of carbonyl (C=O) groups is 1. The minimum absolute atomic E-state index is 0.0296. The first kappa shape index (κ1) is 14.0. The van der Waals surface area contributed by atoms with Crippen molar-refractivity contribution in [3.8, 4) is 0 Å². The number of hydrogen-bond donors (Lipinski definition) is 1. The van der Waals surface area contributed by atoms with E-state index in [1.807, 2.05) is 12.1 Å². The van der Waals surface area contributed by atoms with Crippen LogP contribution < -0.4 is 5.32 Å². The van der Waals surface area contributed by atoms with Crippen molar-refractivity contribution < 1.29 is 4.79 Å². The van der Waals surface area contributed by atoms with Gasteiger partial charge in [-0.25, -0.2) is 0 Å². The first-order valence-electron chi connectivity index (χ1n) is 6.13. The molecule has 3 heteroatoms. The van der Waals surface area contributed by atoms with E-state index in [9.17, 15) is 4.79 Å². The number of hydrogen-bond acceptors (Lipinski definition) is 1. The van der Waals surface area contributed by atoms with Crippen LogP contribution in [0.3, 0.4) is 0 Å². The molecule has 1 unspecified atom stereocenters. The lowest BCUT2D eigenvalue weighted by molar-refractivity contribution is -0.116. The minimum atomic E-state index is 0.0296. The Morgan fingerprint density at radius 1 is 1.35 bits per heavy atom. The highest BCUT2D eigenvalue weighted by Gasteiger charge is 2.04. The van der Waals surface area contributed by atoms with E-state index in [0.29, 0.717) is 18.2 Å². The number of rotatable bonds is 6. The zero-order chi connectivity index (χ0) is 12.7. The molecule has 0 aromatic heterocycles. The number of nitrogens with one attached hydrogen (secondary N) is 1. The van der Waals surface area contributed by atoms with Crippen molar-refractivity contribution in [2.45, 2.75) is 39.0 Å². The predicted molar refractivity (Wildman–Crippen MR) is 73.7 cm³/mol. The SMILES string of the molecule is CCC(C)c1ccc(NC(=O)CCCCl)cc1. The van der Waals surface area contributed by atoms with Crippen LogP contribution in [0.2, 0.25) is 0 Å². The lowest BCUT2D eigenvalue weighted by atomic mass is 9.99. The fourth-order valence-electron chi connectivity index (χ4n) is 1.58. The second-order valence-corrected chi connectivity index (χ2v) is 4.65. The molecule has 17 heavy (non-hydrogen) atoms. The van der Waals surface area contributed by atoms with E-state index in [2.05, 4.69) is 31.3 Å². The Morgan fingerprint density at radius 3 is 2.53 bits per heavy atom. The van der Waals surface area contributed by atoms with E-state index in [0.717, 1.165) is 18.5 Å². The van der Waals surface area contributed by atoms with Crippen LogP contribution >= 0.6 is 11.6 Å². The number of halogens is 1. The second kappa shape index (κ2) is 7.33. The van der Waals surface area contributed by atoms with Crippen LogP contribution in [0.5, 0.6) is 0 Å². The smallest absolute Gasteiger partial charge is 0.224 e. The summed E-state index contributed by atoms with van der Waals surface area (Å²) in [5.74, 6) is 1.12. The molecule has 2 nitrogen and oxygen atoms in total. The monoisotopic (exact) mass is 253 g/mol. The molecule has 0 saturated carbocycles. The van der Waals surface area contributed by atoms with Gasteiger partial charge in [0.1, 0.15) is 0 Å². The maximum Gasteiger partial charge on any atom is 0.224 e. The van der Waals surface area contributed by atoms with Gasteiger partial charge in [0.05, 0.1) is 0 Å². The Kier molecular flexibility index (Phi) is 6.06. The van der Waals surface area contributed by atoms with Crippen molar-refractivity contribution in [3.63, 3.8) is 0 Å². The van der Waals surface area contributed by atoms with Crippen LogP contribution in [0, 0.1) is 0 Å². The van der Waals surface area contributed by atoms with E-state index in [1.165, 1.54) is 5.56 Å². The average molecular weight is 254 g/mol. The van der Waals surface area contributed by atoms with Crippen LogP contribution in [0.1, 0.15) is 44.6 Å². The molecular formula is C14H20ClNO. The Balaban J connectivity index is 2.53. The molecular weight excluding hydrogens is 234 g/mol. The van der Waals surface area contributed by atoms with E-state index in [4.69, 9.17) is 11.6 Å². The highest BCUT2D eigenvalue weighted by atomic mass is 35.5. The molecule has 1 amide bonds. The Hall–Kier alpha value is -1.02. The molecule has 1 rings (SSSR count). The Morgan fingerprint density at radius 2 is 2.00 bits per heavy atom. The predicted octanol–water partition coefficient (Wildman–Crippen LogP) is 4.16. The van der Waals surface area contributed by atoms with Gasteiger partial charge in [0.25, 0.3) is 0 Å². The second-order valence-electron chi connectivity index (χ2n) is 4.27. The fraction of sp³-hybridized carbons (Fsp3) is 0.500. The summed E-state index contributed by atoms with van der Waals surface area (Å²) >= 11 is 5.54. The van der Waals surface area contributed by atoms with Gasteiger partial charge < -0.3 is 5.32 Å². The summed E-state index contributed by atoms with van der Waals surface area (Å²) in [4.78, 5) is 11.5. The molecule has 1 aromatic rings. The van der Waals surface area contributed by atoms with Crippen LogP contribution in [0.15, 0.2) is 24.3 Å². The largest absolute Gasteiger partial charge is 0.326 e. The molecule has 1 N–H and O–H groups in total. The number of alkyl halides is 1. The van der Waals surface area contributed by atoms with Gasteiger partial charge >= 0.3 is 0 Å². The molecule has 94 valence electrons. The van der Waals surface area contributed by atoms with Gasteiger partial charge in [-0.3, -0.25) is 4.79 Å². The maximum absolute atomic E-state index is 11.5. The summed E-state index contributed by atoms with van der Waals surface area (Å²) in [6.07, 6.45) is 2.33. The number of benzene rings is 1. The fourth-order valence-corrected chi connectivity index (χ4v) is 1.72. The summed E-state index contributed by atoms with van der Waals surface area (Å²) < 4.78 is 0. The van der Waals surface area contributed by atoms with Crippen LogP contribution in [0.25, 0.3) is 0 Å². The van der Waals surface area contributed by atoms with Crippen molar-refractivity contribution in [1.82, 2.24) is 0 Å². The summed E-state index contributed by atoms with van der Waals surface area (Å²) in [6, 6.07) is 8.07. The third-order valence-electron chi connectivity index (χ3n) is 2.91. The molecule has 0 heterocycles. The molecule has 0 bridgehead atoms. The zero-order valence-corrected chi connectivity index (χ0v) is 11.3. The first-order valence-corrected chi connectivity index (χ1v) is 6.66. The Bertz CT molecular complexity index is 348. The number of amides is 1. The summed E-state index contributed by atoms with van der Waals surface area (Å²) in [6.45, 7) is 4.38. The quantitative estimate of drug-likeness (QED) is 0.758. The summed E-state index contributed by atoms with van der Waals surface area (Å²) in [5.41, 5.74) is 2.17. The van der Waals surface area contributed by atoms with Crippen LogP contribution in [-0.2, 0) is 4.79 Å². The first-order chi connectivity index (χ1) is 8.17. The van der Waals surface area contributed by atoms with Crippen molar-refractivity contribution >= 4 is 23.2 Å². The standard InChI is InChI=1S/C14H20ClNO/c1-3-11(2)12-6-8-13(9-7-12)16-14(17)5-4-10-15/h6-9,11H,3-5,10H2,1-2H3,(H,16,17). The van der Waals surface area contributed by atoms with Crippen molar-refractivity contribution in [2.24, 2.45) is 0 Å². The molecule has 1 atom stereocenters. The van der Waals surface area contributed by atoms with Crippen LogP contribution in [-0.4, -0.2) is 11.8 Å². The highest BCUT2D eigenvalue weighted by molar-refractivity contribution is 6.18. The molecule has 0 radical (unpaired) electrons. The number of carbonyl (C=O) groups excluding carboxylic acids is 1. The lowest BCUT2D eigenvalue weighted by Crippen LogP contribution is -2.11. The van der Waals surface area contributed by atoms with E-state index in [1.54, 1.807) is 0 Å². The van der Waals surface area contributed by atoms with Crippen molar-refractivity contribution in [1.29, 1.82) is 0 Å². The summed E-state index contributed by atoms with van der Waals surface area (Å²) in [7, 11) is 0. The topological polar surface area (TPSA) is 29.1 Å². The lowest BCUT2D eigenvalue weighted by Gasteiger charge is -2.10. The Labute approximate surface area is 108 Å². The van der Waals surface area contributed by atoms with Crippen LogP contribution in [0.4, 0.5) is 5.69 Å². The van der Waals surface area contributed by atoms with Gasteiger partial charge in [0, 0.05) is 18.0 Å². The molecule has 0 spiro atoms. The highest BCUT2D eigenvalue weighted by Crippen LogP contribution is 2.20. The third kappa shape index (κ3) is 4.78. The molecule has 0 saturated heterocycles. The van der Waals surface area contributed by atoms with E-state index in [-0.39, 0.29) is 5.91 Å². The van der Waals surface area contributed by atoms with Gasteiger partial charge in [-0.15, -0.1) is 11.6 Å².